The van der Waals surface area contributed by atoms with Crippen molar-refractivity contribution in [2.45, 2.75) is 48.0 Å². The van der Waals surface area contributed by atoms with Gasteiger partial charge in [0.2, 0.25) is 0 Å². The van der Waals surface area contributed by atoms with Crippen LogP contribution < -0.4 is 0 Å². The van der Waals surface area contributed by atoms with E-state index >= 15 is 0 Å². The Morgan fingerprint density at radius 3 is 2.00 bits per heavy atom. The average Bonchev–Trinajstić information content (AvgIpc) is 3.06. The van der Waals surface area contributed by atoms with Crippen molar-refractivity contribution in [1.29, 1.82) is 0 Å². The van der Waals surface area contributed by atoms with Crippen LogP contribution >= 0.6 is 0 Å². The molecule has 0 bridgehead atoms. The van der Waals surface area contributed by atoms with Crippen molar-refractivity contribution in [3.05, 3.63) is 59.7 Å². The first-order valence-electron chi connectivity index (χ1n) is 9.26. The average molecular weight is 338 g/mol. The molecule has 1 aromatic heterocycles. The van der Waals surface area contributed by atoms with Crippen LogP contribution in [0.25, 0.3) is 22.5 Å². The predicted octanol–water partition coefficient (Wildman–Crippen LogP) is 6.07. The molecule has 1 heterocycles. The summed E-state index contributed by atoms with van der Waals surface area (Å²) in [6.07, 6.45) is 0.986. The number of rotatable bonds is 3. The van der Waals surface area contributed by atoms with E-state index in [1.807, 2.05) is 39.4 Å². The maximum Gasteiger partial charge on any atom is 0.121 e. The van der Waals surface area contributed by atoms with Gasteiger partial charge >= 0.3 is 0 Å². The minimum absolute atomic E-state index is 0.962. The molecule has 0 saturated carbocycles. The van der Waals surface area contributed by atoms with E-state index < -0.39 is 0 Å². The Morgan fingerprint density at radius 1 is 0.840 bits per heavy atom. The number of benzene rings is 2. The van der Waals surface area contributed by atoms with E-state index in [0.717, 1.165) is 17.8 Å². The Labute approximate surface area is 152 Å². The van der Waals surface area contributed by atoms with Crippen LogP contribution in [0.1, 0.15) is 45.7 Å². The molecule has 3 nitrogen and oxygen atoms in total. The molecule has 0 fully saturated rings. The molecule has 0 atom stereocenters. The standard InChI is InChI=1S/C18H19N3.2C2H6/c1-4-14-10-6-8-12-16(14)17-18(21(3)20-19-17)15-11-7-5-9-13(15)2;2*1-2/h5-12H,4H2,1-3H3;2*1-2H3. The predicted molar refractivity (Wildman–Crippen MR) is 109 cm³/mol. The topological polar surface area (TPSA) is 30.7 Å². The monoisotopic (exact) mass is 337 g/mol. The van der Waals surface area contributed by atoms with Gasteiger partial charge in [0.05, 0.1) is 5.69 Å². The molecular formula is C22H31N3. The normalized spacial score (nSPS) is 9.56. The molecule has 0 unspecified atom stereocenters. The molecule has 3 heteroatoms. The lowest BCUT2D eigenvalue weighted by Crippen LogP contribution is -1.97. The lowest BCUT2D eigenvalue weighted by Gasteiger charge is -2.10. The fraction of sp³-hybridized carbons (Fsp3) is 0.364. The van der Waals surface area contributed by atoms with Gasteiger partial charge in [-0.05, 0) is 24.5 Å². The summed E-state index contributed by atoms with van der Waals surface area (Å²) in [4.78, 5) is 0. The second-order valence-electron chi connectivity index (χ2n) is 5.24. The van der Waals surface area contributed by atoms with Crippen molar-refractivity contribution in [2.75, 3.05) is 0 Å². The summed E-state index contributed by atoms with van der Waals surface area (Å²) in [6.45, 7) is 12.3. The summed E-state index contributed by atoms with van der Waals surface area (Å²) in [5, 5.41) is 8.68. The number of aryl methyl sites for hydroxylation is 3. The molecule has 134 valence electrons. The van der Waals surface area contributed by atoms with Crippen LogP contribution in [0.15, 0.2) is 48.5 Å². The van der Waals surface area contributed by atoms with Crippen LogP contribution in [0.3, 0.4) is 0 Å². The molecule has 2 aromatic carbocycles. The molecule has 0 aliphatic carbocycles. The third-order valence-corrected chi connectivity index (χ3v) is 3.88. The zero-order valence-electron chi connectivity index (χ0n) is 16.7. The quantitative estimate of drug-likeness (QED) is 0.580. The maximum atomic E-state index is 4.43. The fourth-order valence-corrected chi connectivity index (χ4v) is 2.74. The first-order chi connectivity index (χ1) is 12.2. The molecule has 3 rings (SSSR count). The zero-order chi connectivity index (χ0) is 18.8. The zero-order valence-corrected chi connectivity index (χ0v) is 16.7. The van der Waals surface area contributed by atoms with Crippen LogP contribution in [0, 0.1) is 6.92 Å². The summed E-state index contributed by atoms with van der Waals surface area (Å²) in [6, 6.07) is 16.8. The van der Waals surface area contributed by atoms with Gasteiger partial charge in [-0.2, -0.15) is 0 Å². The van der Waals surface area contributed by atoms with E-state index in [-0.39, 0.29) is 0 Å². The fourth-order valence-electron chi connectivity index (χ4n) is 2.74. The van der Waals surface area contributed by atoms with E-state index in [9.17, 15) is 0 Å². The molecule has 0 spiro atoms. The first kappa shape index (κ1) is 20.6. The van der Waals surface area contributed by atoms with Gasteiger partial charge in [-0.1, -0.05) is 88.4 Å². The Hall–Kier alpha value is -2.42. The van der Waals surface area contributed by atoms with Crippen molar-refractivity contribution >= 4 is 0 Å². The number of nitrogens with zero attached hydrogens (tertiary/aromatic N) is 3. The van der Waals surface area contributed by atoms with Crippen LogP contribution in [-0.4, -0.2) is 15.0 Å². The third-order valence-electron chi connectivity index (χ3n) is 3.88. The third kappa shape index (κ3) is 4.56. The highest BCUT2D eigenvalue weighted by molar-refractivity contribution is 5.81. The second-order valence-corrected chi connectivity index (χ2v) is 5.24. The van der Waals surface area contributed by atoms with Crippen molar-refractivity contribution < 1.29 is 0 Å². The summed E-state index contributed by atoms with van der Waals surface area (Å²) in [5.41, 5.74) is 6.93. The highest BCUT2D eigenvalue weighted by Crippen LogP contribution is 2.33. The van der Waals surface area contributed by atoms with Crippen LogP contribution in [0.4, 0.5) is 0 Å². The lowest BCUT2D eigenvalue weighted by molar-refractivity contribution is 0.720. The van der Waals surface area contributed by atoms with E-state index in [2.05, 4.69) is 72.7 Å². The molecular weight excluding hydrogens is 306 g/mol. The Balaban J connectivity index is 0.000000730. The summed E-state index contributed by atoms with van der Waals surface area (Å²) in [5.74, 6) is 0. The van der Waals surface area contributed by atoms with Crippen molar-refractivity contribution in [1.82, 2.24) is 15.0 Å². The molecule has 3 aromatic rings. The van der Waals surface area contributed by atoms with Gasteiger partial charge in [-0.3, -0.25) is 0 Å². The van der Waals surface area contributed by atoms with Gasteiger partial charge in [0.25, 0.3) is 0 Å². The molecule has 0 aliphatic rings. The van der Waals surface area contributed by atoms with Crippen molar-refractivity contribution in [3.63, 3.8) is 0 Å². The van der Waals surface area contributed by atoms with Gasteiger partial charge < -0.3 is 0 Å². The Kier molecular flexibility index (Phi) is 8.62. The van der Waals surface area contributed by atoms with Gasteiger partial charge in [0.1, 0.15) is 5.69 Å². The maximum absolute atomic E-state index is 4.43. The molecule has 0 radical (unpaired) electrons. The number of hydrogen-bond acceptors (Lipinski definition) is 2. The van der Waals surface area contributed by atoms with Crippen LogP contribution in [-0.2, 0) is 13.5 Å². The van der Waals surface area contributed by atoms with E-state index in [0.29, 0.717) is 0 Å². The number of aromatic nitrogens is 3. The van der Waals surface area contributed by atoms with Crippen LogP contribution in [0.5, 0.6) is 0 Å². The Morgan fingerprint density at radius 2 is 1.40 bits per heavy atom. The lowest BCUT2D eigenvalue weighted by atomic mass is 9.97. The Bertz CT molecular complexity index is 772. The smallest absolute Gasteiger partial charge is 0.121 e. The van der Waals surface area contributed by atoms with Crippen molar-refractivity contribution in [2.24, 2.45) is 7.05 Å². The molecule has 0 amide bonds. The van der Waals surface area contributed by atoms with Gasteiger partial charge in [-0.15, -0.1) is 5.10 Å². The largest absolute Gasteiger partial charge is 0.247 e. The van der Waals surface area contributed by atoms with E-state index in [1.165, 1.54) is 22.3 Å². The highest BCUT2D eigenvalue weighted by atomic mass is 15.4. The van der Waals surface area contributed by atoms with E-state index in [1.54, 1.807) is 0 Å². The van der Waals surface area contributed by atoms with Crippen molar-refractivity contribution in [3.8, 4) is 22.5 Å². The summed E-state index contributed by atoms with van der Waals surface area (Å²) in [7, 11) is 1.95. The molecule has 0 N–H and O–H groups in total. The SMILES string of the molecule is CC.CC.CCc1ccccc1-c1nnn(C)c1-c1ccccc1C. The molecule has 25 heavy (non-hydrogen) atoms. The van der Waals surface area contributed by atoms with Gasteiger partial charge in [0.15, 0.2) is 0 Å². The van der Waals surface area contributed by atoms with Crippen LogP contribution in [0.2, 0.25) is 0 Å². The minimum Gasteiger partial charge on any atom is -0.247 e. The second kappa shape index (κ2) is 10.4. The highest BCUT2D eigenvalue weighted by Gasteiger charge is 2.17. The molecule has 0 aliphatic heterocycles. The number of hydrogen-bond donors (Lipinski definition) is 0. The first-order valence-corrected chi connectivity index (χ1v) is 9.26. The van der Waals surface area contributed by atoms with E-state index in [4.69, 9.17) is 0 Å². The van der Waals surface area contributed by atoms with Gasteiger partial charge in [-0.25, -0.2) is 4.68 Å². The summed E-state index contributed by atoms with van der Waals surface area (Å²) < 4.78 is 1.87. The molecule has 0 saturated heterocycles. The van der Waals surface area contributed by atoms with Gasteiger partial charge in [0, 0.05) is 18.2 Å². The minimum atomic E-state index is 0.962. The summed E-state index contributed by atoms with van der Waals surface area (Å²) >= 11 is 0.